The molecule has 1 aromatic heterocycles. The standard InChI is InChI=1S/C18H24N2O3/c1-3-22-15-6-4-5-14-9-16(23-18(14)15)12(2)20-17(21)11-19-10-13-7-8-13/h4-6,9,12-13,19H,3,7-8,10-11H2,1-2H3,(H,20,21). The van der Waals surface area contributed by atoms with Gasteiger partial charge in [-0.2, -0.15) is 0 Å². The van der Waals surface area contributed by atoms with Crippen molar-refractivity contribution in [1.82, 2.24) is 10.6 Å². The van der Waals surface area contributed by atoms with E-state index in [-0.39, 0.29) is 11.9 Å². The molecule has 0 aliphatic heterocycles. The fourth-order valence-electron chi connectivity index (χ4n) is 2.61. The topological polar surface area (TPSA) is 63.5 Å². The molecule has 1 aliphatic carbocycles. The quantitative estimate of drug-likeness (QED) is 0.786. The molecule has 0 spiro atoms. The number of amides is 1. The largest absolute Gasteiger partial charge is 0.490 e. The Hall–Kier alpha value is -2.01. The summed E-state index contributed by atoms with van der Waals surface area (Å²) in [6, 6.07) is 7.60. The van der Waals surface area contributed by atoms with Gasteiger partial charge in [0.15, 0.2) is 11.3 Å². The molecule has 0 radical (unpaired) electrons. The van der Waals surface area contributed by atoms with E-state index in [2.05, 4.69) is 10.6 Å². The van der Waals surface area contributed by atoms with Crippen LogP contribution in [0.15, 0.2) is 28.7 Å². The van der Waals surface area contributed by atoms with Gasteiger partial charge in [-0.1, -0.05) is 12.1 Å². The van der Waals surface area contributed by atoms with Crippen molar-refractivity contribution in [3.05, 3.63) is 30.0 Å². The summed E-state index contributed by atoms with van der Waals surface area (Å²) in [7, 11) is 0. The smallest absolute Gasteiger partial charge is 0.234 e. The average molecular weight is 316 g/mol. The van der Waals surface area contributed by atoms with Gasteiger partial charge >= 0.3 is 0 Å². The molecule has 1 saturated carbocycles. The van der Waals surface area contributed by atoms with Crippen LogP contribution in [-0.4, -0.2) is 25.6 Å². The number of para-hydroxylation sites is 1. The van der Waals surface area contributed by atoms with Gasteiger partial charge < -0.3 is 19.8 Å². The third-order valence-electron chi connectivity index (χ3n) is 4.05. The van der Waals surface area contributed by atoms with Gasteiger partial charge in [-0.05, 0) is 51.3 Å². The lowest BCUT2D eigenvalue weighted by atomic mass is 10.2. The van der Waals surface area contributed by atoms with Crippen LogP contribution in [-0.2, 0) is 4.79 Å². The first-order chi connectivity index (χ1) is 11.2. The number of carbonyl (C=O) groups is 1. The number of nitrogens with one attached hydrogen (secondary N) is 2. The number of hydrogen-bond acceptors (Lipinski definition) is 4. The van der Waals surface area contributed by atoms with Crippen LogP contribution in [0.4, 0.5) is 0 Å². The highest BCUT2D eigenvalue weighted by atomic mass is 16.5. The lowest BCUT2D eigenvalue weighted by Crippen LogP contribution is -2.36. The second kappa shape index (κ2) is 7.04. The molecule has 1 atom stereocenters. The summed E-state index contributed by atoms with van der Waals surface area (Å²) in [6.45, 7) is 5.75. The zero-order valence-electron chi connectivity index (χ0n) is 13.7. The monoisotopic (exact) mass is 316 g/mol. The molecule has 1 fully saturated rings. The Labute approximate surface area is 136 Å². The van der Waals surface area contributed by atoms with Crippen molar-refractivity contribution in [2.75, 3.05) is 19.7 Å². The zero-order valence-corrected chi connectivity index (χ0v) is 13.7. The second-order valence-corrected chi connectivity index (χ2v) is 6.12. The minimum absolute atomic E-state index is 0.0105. The number of benzene rings is 1. The van der Waals surface area contributed by atoms with Gasteiger partial charge in [0.25, 0.3) is 0 Å². The molecule has 2 N–H and O–H groups in total. The first kappa shape index (κ1) is 15.9. The van der Waals surface area contributed by atoms with Crippen molar-refractivity contribution in [3.63, 3.8) is 0 Å². The summed E-state index contributed by atoms with van der Waals surface area (Å²) in [5, 5.41) is 7.15. The molecule has 5 heteroatoms. The average Bonchev–Trinajstić information content (AvgIpc) is 3.23. The Morgan fingerprint density at radius 2 is 2.26 bits per heavy atom. The van der Waals surface area contributed by atoms with Gasteiger partial charge in [0.2, 0.25) is 5.91 Å². The highest BCUT2D eigenvalue weighted by Gasteiger charge is 2.21. The number of carbonyl (C=O) groups excluding carboxylic acids is 1. The Bertz CT molecular complexity index is 676. The maximum Gasteiger partial charge on any atom is 0.234 e. The molecule has 23 heavy (non-hydrogen) atoms. The van der Waals surface area contributed by atoms with Crippen molar-refractivity contribution in [1.29, 1.82) is 0 Å². The Balaban J connectivity index is 1.61. The molecular weight excluding hydrogens is 292 g/mol. The summed E-state index contributed by atoms with van der Waals surface area (Å²) >= 11 is 0. The minimum atomic E-state index is -0.174. The van der Waals surface area contributed by atoms with E-state index in [0.717, 1.165) is 34.9 Å². The highest BCUT2D eigenvalue weighted by Crippen LogP contribution is 2.31. The van der Waals surface area contributed by atoms with Crippen molar-refractivity contribution in [2.24, 2.45) is 5.92 Å². The van der Waals surface area contributed by atoms with Crippen molar-refractivity contribution < 1.29 is 13.9 Å². The van der Waals surface area contributed by atoms with Crippen LogP contribution in [0.3, 0.4) is 0 Å². The summed E-state index contributed by atoms with van der Waals surface area (Å²) in [6.07, 6.45) is 2.57. The molecule has 1 aromatic carbocycles. The lowest BCUT2D eigenvalue weighted by molar-refractivity contribution is -0.121. The number of fused-ring (bicyclic) bond motifs is 1. The van der Waals surface area contributed by atoms with E-state index in [9.17, 15) is 4.79 Å². The Morgan fingerprint density at radius 1 is 1.43 bits per heavy atom. The van der Waals surface area contributed by atoms with E-state index in [0.29, 0.717) is 13.2 Å². The molecule has 5 nitrogen and oxygen atoms in total. The summed E-state index contributed by atoms with van der Waals surface area (Å²) in [5.41, 5.74) is 0.734. The molecule has 1 heterocycles. The maximum atomic E-state index is 12.0. The van der Waals surface area contributed by atoms with E-state index in [1.165, 1.54) is 12.8 Å². The Morgan fingerprint density at radius 3 is 3.00 bits per heavy atom. The first-order valence-electron chi connectivity index (χ1n) is 8.32. The molecular formula is C18H24N2O3. The minimum Gasteiger partial charge on any atom is -0.490 e. The van der Waals surface area contributed by atoms with Crippen molar-refractivity contribution in [2.45, 2.75) is 32.7 Å². The third kappa shape index (κ3) is 4.05. The molecule has 1 aliphatic rings. The fraction of sp³-hybridized carbons (Fsp3) is 0.500. The number of furan rings is 1. The zero-order chi connectivity index (χ0) is 16.2. The van der Waals surface area contributed by atoms with Crippen LogP contribution in [0.2, 0.25) is 0 Å². The molecule has 2 aromatic rings. The predicted octanol–water partition coefficient (Wildman–Crippen LogP) is 3.01. The normalized spacial score (nSPS) is 15.6. The van der Waals surface area contributed by atoms with Gasteiger partial charge in [0.1, 0.15) is 5.76 Å². The van der Waals surface area contributed by atoms with E-state index in [1.807, 2.05) is 38.1 Å². The van der Waals surface area contributed by atoms with Gasteiger partial charge in [-0.3, -0.25) is 4.79 Å². The van der Waals surface area contributed by atoms with Crippen LogP contribution in [0, 0.1) is 5.92 Å². The fourth-order valence-corrected chi connectivity index (χ4v) is 2.61. The summed E-state index contributed by atoms with van der Waals surface area (Å²) < 4.78 is 11.5. The van der Waals surface area contributed by atoms with Crippen molar-refractivity contribution >= 4 is 16.9 Å². The molecule has 1 amide bonds. The van der Waals surface area contributed by atoms with Crippen LogP contribution in [0.25, 0.3) is 11.0 Å². The maximum absolute atomic E-state index is 12.0. The number of hydrogen-bond donors (Lipinski definition) is 2. The lowest BCUT2D eigenvalue weighted by Gasteiger charge is -2.11. The van der Waals surface area contributed by atoms with Gasteiger partial charge in [0.05, 0.1) is 19.2 Å². The second-order valence-electron chi connectivity index (χ2n) is 6.12. The molecule has 0 bridgehead atoms. The number of rotatable bonds is 8. The van der Waals surface area contributed by atoms with E-state index < -0.39 is 0 Å². The van der Waals surface area contributed by atoms with Crippen LogP contribution >= 0.6 is 0 Å². The van der Waals surface area contributed by atoms with E-state index in [4.69, 9.17) is 9.15 Å². The van der Waals surface area contributed by atoms with Crippen LogP contribution < -0.4 is 15.4 Å². The molecule has 1 unspecified atom stereocenters. The molecule has 124 valence electrons. The predicted molar refractivity (Wildman–Crippen MR) is 89.5 cm³/mol. The Kier molecular flexibility index (Phi) is 4.86. The number of ether oxygens (including phenoxy) is 1. The van der Waals surface area contributed by atoms with Crippen LogP contribution in [0.1, 0.15) is 38.5 Å². The van der Waals surface area contributed by atoms with Gasteiger partial charge in [-0.25, -0.2) is 0 Å². The van der Waals surface area contributed by atoms with E-state index >= 15 is 0 Å². The summed E-state index contributed by atoms with van der Waals surface area (Å²) in [4.78, 5) is 12.0. The SMILES string of the molecule is CCOc1cccc2cc(C(C)NC(=O)CNCC3CC3)oc12. The van der Waals surface area contributed by atoms with E-state index in [1.54, 1.807) is 0 Å². The molecule has 0 saturated heterocycles. The summed E-state index contributed by atoms with van der Waals surface area (Å²) in [5.74, 6) is 2.24. The molecule has 3 rings (SSSR count). The first-order valence-corrected chi connectivity index (χ1v) is 8.32. The highest BCUT2D eigenvalue weighted by molar-refractivity contribution is 5.84. The van der Waals surface area contributed by atoms with Crippen LogP contribution in [0.5, 0.6) is 5.75 Å². The van der Waals surface area contributed by atoms with Crippen molar-refractivity contribution in [3.8, 4) is 5.75 Å². The van der Waals surface area contributed by atoms with Gasteiger partial charge in [0, 0.05) is 5.39 Å². The van der Waals surface area contributed by atoms with Gasteiger partial charge in [-0.15, -0.1) is 0 Å². The third-order valence-corrected chi connectivity index (χ3v) is 4.05.